The molecule has 0 amide bonds. The molecule has 0 fully saturated rings. The van der Waals surface area contributed by atoms with Crippen molar-refractivity contribution in [2.45, 2.75) is 13.3 Å². The molecule has 3 heteroatoms. The standard InChI is InChI=1S/C16H12FNO/c1-2-16(19)13-5-3-4-12(8-13)14-6-11(10-18)7-15(17)9-14/h3-9H,2H2,1H3. The van der Waals surface area contributed by atoms with Crippen LogP contribution in [0.15, 0.2) is 42.5 Å². The van der Waals surface area contributed by atoms with Crippen LogP contribution in [0.4, 0.5) is 4.39 Å². The van der Waals surface area contributed by atoms with Gasteiger partial charge in [-0.25, -0.2) is 4.39 Å². The van der Waals surface area contributed by atoms with Gasteiger partial charge in [0.05, 0.1) is 11.6 Å². The summed E-state index contributed by atoms with van der Waals surface area (Å²) in [5.41, 5.74) is 2.20. The van der Waals surface area contributed by atoms with E-state index in [-0.39, 0.29) is 11.3 Å². The van der Waals surface area contributed by atoms with Gasteiger partial charge in [0.2, 0.25) is 0 Å². The van der Waals surface area contributed by atoms with E-state index in [2.05, 4.69) is 0 Å². The van der Waals surface area contributed by atoms with E-state index in [1.165, 1.54) is 12.1 Å². The number of carbonyl (C=O) groups is 1. The third kappa shape index (κ3) is 2.86. The van der Waals surface area contributed by atoms with Crippen LogP contribution in [0.3, 0.4) is 0 Å². The highest BCUT2D eigenvalue weighted by Gasteiger charge is 2.07. The second-order valence-corrected chi connectivity index (χ2v) is 4.20. The van der Waals surface area contributed by atoms with E-state index in [0.717, 1.165) is 5.56 Å². The van der Waals surface area contributed by atoms with Crippen LogP contribution in [0.2, 0.25) is 0 Å². The van der Waals surface area contributed by atoms with E-state index in [1.807, 2.05) is 6.07 Å². The topological polar surface area (TPSA) is 40.9 Å². The molecule has 0 N–H and O–H groups in total. The minimum Gasteiger partial charge on any atom is -0.294 e. The van der Waals surface area contributed by atoms with E-state index < -0.39 is 5.82 Å². The third-order valence-corrected chi connectivity index (χ3v) is 2.87. The van der Waals surface area contributed by atoms with E-state index in [9.17, 15) is 9.18 Å². The lowest BCUT2D eigenvalue weighted by molar-refractivity contribution is 0.0988. The molecular formula is C16H12FNO. The van der Waals surface area contributed by atoms with Crippen molar-refractivity contribution >= 4 is 5.78 Å². The first kappa shape index (κ1) is 13.0. The Morgan fingerprint density at radius 1 is 1.21 bits per heavy atom. The Morgan fingerprint density at radius 3 is 2.68 bits per heavy atom. The number of hydrogen-bond donors (Lipinski definition) is 0. The predicted octanol–water partition coefficient (Wildman–Crippen LogP) is 3.96. The molecular weight excluding hydrogens is 241 g/mol. The smallest absolute Gasteiger partial charge is 0.162 e. The largest absolute Gasteiger partial charge is 0.294 e. The first-order chi connectivity index (χ1) is 9.13. The van der Waals surface area contributed by atoms with Crippen LogP contribution in [0.1, 0.15) is 29.3 Å². The Morgan fingerprint density at radius 2 is 2.00 bits per heavy atom. The van der Waals surface area contributed by atoms with Crippen LogP contribution in [0, 0.1) is 17.1 Å². The Balaban J connectivity index is 2.50. The molecule has 0 heterocycles. The molecule has 2 rings (SSSR count). The Kier molecular flexibility index (Phi) is 3.72. The van der Waals surface area contributed by atoms with Crippen molar-refractivity contribution in [1.29, 1.82) is 5.26 Å². The zero-order chi connectivity index (χ0) is 13.8. The number of nitrogens with zero attached hydrogens (tertiary/aromatic N) is 1. The fraction of sp³-hybridized carbons (Fsp3) is 0.125. The summed E-state index contributed by atoms with van der Waals surface area (Å²) in [4.78, 5) is 11.7. The lowest BCUT2D eigenvalue weighted by Gasteiger charge is -2.05. The van der Waals surface area contributed by atoms with Crippen molar-refractivity contribution in [2.24, 2.45) is 0 Å². The van der Waals surface area contributed by atoms with E-state index in [4.69, 9.17) is 5.26 Å². The second-order valence-electron chi connectivity index (χ2n) is 4.20. The Bertz CT molecular complexity index is 671. The maximum absolute atomic E-state index is 13.4. The average molecular weight is 253 g/mol. The van der Waals surface area contributed by atoms with Crippen LogP contribution in [0.25, 0.3) is 11.1 Å². The van der Waals surface area contributed by atoms with Crippen molar-refractivity contribution in [3.8, 4) is 17.2 Å². The Labute approximate surface area is 111 Å². The molecule has 0 saturated heterocycles. The maximum Gasteiger partial charge on any atom is 0.162 e. The molecule has 0 bridgehead atoms. The molecule has 0 atom stereocenters. The molecule has 2 nitrogen and oxygen atoms in total. The lowest BCUT2D eigenvalue weighted by Crippen LogP contribution is -1.96. The zero-order valence-corrected chi connectivity index (χ0v) is 10.5. The van der Waals surface area contributed by atoms with Crippen LogP contribution >= 0.6 is 0 Å². The molecule has 0 spiro atoms. The minimum atomic E-state index is -0.457. The van der Waals surface area contributed by atoms with Crippen molar-refractivity contribution < 1.29 is 9.18 Å². The number of ketones is 1. The summed E-state index contributed by atoms with van der Waals surface area (Å²) < 4.78 is 13.4. The summed E-state index contributed by atoms with van der Waals surface area (Å²) in [7, 11) is 0. The summed E-state index contributed by atoms with van der Waals surface area (Å²) in [6.45, 7) is 1.80. The normalized spacial score (nSPS) is 9.95. The summed E-state index contributed by atoms with van der Waals surface area (Å²) in [5, 5.41) is 8.84. The fourth-order valence-electron chi connectivity index (χ4n) is 1.90. The van der Waals surface area contributed by atoms with Gasteiger partial charge in [0.1, 0.15) is 5.82 Å². The van der Waals surface area contributed by atoms with E-state index >= 15 is 0 Å². The molecule has 19 heavy (non-hydrogen) atoms. The number of nitriles is 1. The quantitative estimate of drug-likeness (QED) is 0.777. The molecule has 0 unspecified atom stereocenters. The van der Waals surface area contributed by atoms with Crippen molar-refractivity contribution in [3.05, 3.63) is 59.4 Å². The number of carbonyl (C=O) groups excluding carboxylic acids is 1. The molecule has 2 aromatic rings. The molecule has 0 aliphatic heterocycles. The SMILES string of the molecule is CCC(=O)c1cccc(-c2cc(F)cc(C#N)c2)c1. The summed E-state index contributed by atoms with van der Waals surface area (Å²) in [6, 6.07) is 13.1. The first-order valence-corrected chi connectivity index (χ1v) is 5.98. The number of rotatable bonds is 3. The highest BCUT2D eigenvalue weighted by Crippen LogP contribution is 2.23. The molecule has 0 aliphatic carbocycles. The highest BCUT2D eigenvalue weighted by atomic mass is 19.1. The second kappa shape index (κ2) is 5.45. The van der Waals surface area contributed by atoms with Gasteiger partial charge >= 0.3 is 0 Å². The Hall–Kier alpha value is -2.47. The number of Topliss-reactive ketones (excluding diaryl/α,β-unsaturated/α-hetero) is 1. The molecule has 0 aliphatic rings. The maximum atomic E-state index is 13.4. The zero-order valence-electron chi connectivity index (χ0n) is 10.5. The van der Waals surface area contributed by atoms with Crippen LogP contribution in [-0.4, -0.2) is 5.78 Å². The van der Waals surface area contributed by atoms with E-state index in [1.54, 1.807) is 37.3 Å². The van der Waals surface area contributed by atoms with Crippen LogP contribution < -0.4 is 0 Å². The number of benzene rings is 2. The lowest BCUT2D eigenvalue weighted by atomic mass is 9.99. The summed E-state index contributed by atoms with van der Waals surface area (Å²) in [6.07, 6.45) is 0.427. The van der Waals surface area contributed by atoms with Gasteiger partial charge in [0, 0.05) is 12.0 Å². The van der Waals surface area contributed by atoms with Gasteiger partial charge in [0.15, 0.2) is 5.78 Å². The molecule has 0 saturated carbocycles. The highest BCUT2D eigenvalue weighted by molar-refractivity contribution is 5.97. The average Bonchev–Trinajstić information content (AvgIpc) is 2.45. The number of hydrogen-bond acceptors (Lipinski definition) is 2. The van der Waals surface area contributed by atoms with Crippen LogP contribution in [-0.2, 0) is 0 Å². The summed E-state index contributed by atoms with van der Waals surface area (Å²) >= 11 is 0. The van der Waals surface area contributed by atoms with Crippen molar-refractivity contribution in [3.63, 3.8) is 0 Å². The third-order valence-electron chi connectivity index (χ3n) is 2.87. The van der Waals surface area contributed by atoms with Gasteiger partial charge in [-0.05, 0) is 35.4 Å². The van der Waals surface area contributed by atoms with Crippen molar-refractivity contribution in [2.75, 3.05) is 0 Å². The van der Waals surface area contributed by atoms with Crippen LogP contribution in [0.5, 0.6) is 0 Å². The van der Waals surface area contributed by atoms with Gasteiger partial charge in [-0.15, -0.1) is 0 Å². The first-order valence-electron chi connectivity index (χ1n) is 5.98. The predicted molar refractivity (Wildman–Crippen MR) is 71.2 cm³/mol. The summed E-state index contributed by atoms with van der Waals surface area (Å²) in [5.74, 6) is -0.417. The van der Waals surface area contributed by atoms with Crippen molar-refractivity contribution in [1.82, 2.24) is 0 Å². The monoisotopic (exact) mass is 253 g/mol. The molecule has 2 aromatic carbocycles. The van der Waals surface area contributed by atoms with Gasteiger partial charge in [-0.3, -0.25) is 4.79 Å². The number of halogens is 1. The minimum absolute atomic E-state index is 0.0405. The molecule has 0 radical (unpaired) electrons. The van der Waals surface area contributed by atoms with Gasteiger partial charge in [-0.2, -0.15) is 5.26 Å². The molecule has 0 aromatic heterocycles. The van der Waals surface area contributed by atoms with Gasteiger partial charge < -0.3 is 0 Å². The van der Waals surface area contributed by atoms with Gasteiger partial charge in [-0.1, -0.05) is 25.1 Å². The van der Waals surface area contributed by atoms with E-state index in [0.29, 0.717) is 17.5 Å². The fourth-order valence-corrected chi connectivity index (χ4v) is 1.90. The van der Waals surface area contributed by atoms with Gasteiger partial charge in [0.25, 0.3) is 0 Å². The molecule has 94 valence electrons.